The van der Waals surface area contributed by atoms with Crippen molar-refractivity contribution < 1.29 is 23.5 Å². The van der Waals surface area contributed by atoms with Crippen LogP contribution < -0.4 is 5.48 Å². The van der Waals surface area contributed by atoms with Gasteiger partial charge in [-0.25, -0.2) is 13.9 Å². The van der Waals surface area contributed by atoms with Crippen LogP contribution in [0, 0.1) is 35.5 Å². The van der Waals surface area contributed by atoms with Gasteiger partial charge in [-0.1, -0.05) is 11.8 Å². The third-order valence-corrected chi connectivity index (χ3v) is 7.48. The van der Waals surface area contributed by atoms with E-state index in [4.69, 9.17) is 10.3 Å². The molecule has 158 valence electrons. The highest BCUT2D eigenvalue weighted by molar-refractivity contribution is 7.92. The lowest BCUT2D eigenvalue weighted by molar-refractivity contribution is -0.131. The molecule has 1 aromatic carbocycles. The smallest absolute Gasteiger partial charge is 0.264 e. The molecule has 9 heteroatoms. The Hall–Kier alpha value is -2.85. The Labute approximate surface area is 175 Å². The number of rotatable bonds is 6. The molecule has 1 heterocycles. The van der Waals surface area contributed by atoms with E-state index in [1.165, 1.54) is 12.4 Å². The SMILES string of the molecule is C[C@@](CCn1cc2cc(C#CC#C[C@@H]3C[C@H]3CO)ccc2n1)(C(=O)NO)S(C)(=O)=O. The number of amides is 1. The van der Waals surface area contributed by atoms with Crippen LogP contribution in [0.4, 0.5) is 0 Å². The number of hydrogen-bond donors (Lipinski definition) is 3. The van der Waals surface area contributed by atoms with Crippen LogP contribution in [-0.2, 0) is 21.2 Å². The van der Waals surface area contributed by atoms with Crippen molar-refractivity contribution in [2.45, 2.75) is 31.1 Å². The summed E-state index contributed by atoms with van der Waals surface area (Å²) in [7, 11) is -3.76. The first-order valence-corrected chi connectivity index (χ1v) is 11.3. The maximum absolute atomic E-state index is 12.1. The Kier molecular flexibility index (Phi) is 6.18. The number of aliphatic hydroxyl groups is 1. The number of fused-ring (bicyclic) bond motifs is 1. The van der Waals surface area contributed by atoms with Crippen molar-refractivity contribution in [3.8, 4) is 23.7 Å². The number of nitrogens with zero attached hydrogens (tertiary/aromatic N) is 2. The molecule has 0 spiro atoms. The molecule has 0 bridgehead atoms. The van der Waals surface area contributed by atoms with Gasteiger partial charge in [-0.3, -0.25) is 14.7 Å². The second-order valence-corrected chi connectivity index (χ2v) is 10.1. The fourth-order valence-electron chi connectivity index (χ4n) is 3.04. The van der Waals surface area contributed by atoms with E-state index in [1.807, 2.05) is 18.2 Å². The van der Waals surface area contributed by atoms with Crippen LogP contribution in [0.3, 0.4) is 0 Å². The highest BCUT2D eigenvalue weighted by Gasteiger charge is 2.43. The molecule has 2 aromatic rings. The fourth-order valence-corrected chi connectivity index (χ4v) is 3.89. The number of benzene rings is 1. The quantitative estimate of drug-likeness (QED) is 0.353. The topological polar surface area (TPSA) is 122 Å². The minimum Gasteiger partial charge on any atom is -0.396 e. The number of aliphatic hydroxyl groups excluding tert-OH is 1. The molecule has 1 aliphatic rings. The largest absolute Gasteiger partial charge is 0.396 e. The van der Waals surface area contributed by atoms with Crippen LogP contribution in [0.2, 0.25) is 0 Å². The number of sulfone groups is 1. The molecule has 3 atom stereocenters. The van der Waals surface area contributed by atoms with Gasteiger partial charge in [0.1, 0.15) is 0 Å². The molecule has 0 aliphatic heterocycles. The van der Waals surface area contributed by atoms with Gasteiger partial charge in [0.25, 0.3) is 5.91 Å². The van der Waals surface area contributed by atoms with Crippen LogP contribution in [0.1, 0.15) is 25.3 Å². The molecule has 1 fully saturated rings. The summed E-state index contributed by atoms with van der Waals surface area (Å²) in [6, 6.07) is 5.49. The van der Waals surface area contributed by atoms with Gasteiger partial charge in [0.15, 0.2) is 14.6 Å². The van der Waals surface area contributed by atoms with E-state index in [-0.39, 0.29) is 31.4 Å². The van der Waals surface area contributed by atoms with Gasteiger partial charge in [-0.2, -0.15) is 5.10 Å². The first-order chi connectivity index (χ1) is 14.2. The number of carbonyl (C=O) groups excluding carboxylic acids is 1. The zero-order valence-corrected chi connectivity index (χ0v) is 17.5. The highest BCUT2D eigenvalue weighted by atomic mass is 32.2. The Morgan fingerprint density at radius 1 is 1.40 bits per heavy atom. The Balaban J connectivity index is 1.72. The Bertz CT molecular complexity index is 1200. The van der Waals surface area contributed by atoms with Crippen molar-refractivity contribution in [2.75, 3.05) is 12.9 Å². The summed E-state index contributed by atoms with van der Waals surface area (Å²) in [5.41, 5.74) is 2.92. The van der Waals surface area contributed by atoms with E-state index in [0.29, 0.717) is 5.52 Å². The average Bonchev–Trinajstić information content (AvgIpc) is 3.35. The fraction of sp³-hybridized carbons (Fsp3) is 0.429. The van der Waals surface area contributed by atoms with E-state index in [1.54, 1.807) is 10.9 Å². The van der Waals surface area contributed by atoms with Gasteiger partial charge in [0, 0.05) is 42.5 Å². The molecule has 1 aliphatic carbocycles. The average molecular weight is 429 g/mol. The van der Waals surface area contributed by atoms with Crippen molar-refractivity contribution in [2.24, 2.45) is 11.8 Å². The zero-order chi connectivity index (χ0) is 21.9. The summed E-state index contributed by atoms with van der Waals surface area (Å²) in [5, 5.41) is 23.1. The minimum atomic E-state index is -3.76. The molecule has 1 saturated carbocycles. The van der Waals surface area contributed by atoms with E-state index in [9.17, 15) is 13.2 Å². The van der Waals surface area contributed by atoms with Gasteiger partial charge in [0.05, 0.1) is 5.52 Å². The molecule has 30 heavy (non-hydrogen) atoms. The maximum Gasteiger partial charge on any atom is 0.264 e. The number of aromatic nitrogens is 2. The highest BCUT2D eigenvalue weighted by Crippen LogP contribution is 2.36. The first kappa shape index (κ1) is 21.8. The summed E-state index contributed by atoms with van der Waals surface area (Å²) in [4.78, 5) is 11.9. The zero-order valence-electron chi connectivity index (χ0n) is 16.7. The Morgan fingerprint density at radius 2 is 2.17 bits per heavy atom. The van der Waals surface area contributed by atoms with Crippen LogP contribution in [-0.4, -0.2) is 52.0 Å². The van der Waals surface area contributed by atoms with Crippen molar-refractivity contribution in [3.05, 3.63) is 30.0 Å². The van der Waals surface area contributed by atoms with Crippen LogP contribution in [0.15, 0.2) is 24.4 Å². The van der Waals surface area contributed by atoms with Gasteiger partial charge in [0.2, 0.25) is 0 Å². The lowest BCUT2D eigenvalue weighted by Crippen LogP contribution is -2.49. The van der Waals surface area contributed by atoms with E-state index in [2.05, 4.69) is 28.8 Å². The summed E-state index contributed by atoms with van der Waals surface area (Å²) in [5.74, 6) is 11.2. The summed E-state index contributed by atoms with van der Waals surface area (Å²) >= 11 is 0. The van der Waals surface area contributed by atoms with Gasteiger partial charge >= 0.3 is 0 Å². The summed E-state index contributed by atoms with van der Waals surface area (Å²) < 4.78 is 23.9. The van der Waals surface area contributed by atoms with Crippen LogP contribution in [0.5, 0.6) is 0 Å². The molecule has 3 rings (SSSR count). The Morgan fingerprint density at radius 3 is 2.80 bits per heavy atom. The number of aryl methyl sites for hydroxylation is 1. The minimum absolute atomic E-state index is 0.0511. The summed E-state index contributed by atoms with van der Waals surface area (Å²) in [6.45, 7) is 1.61. The van der Waals surface area contributed by atoms with Gasteiger partial charge in [-0.15, -0.1) is 0 Å². The lowest BCUT2D eigenvalue weighted by Gasteiger charge is -2.24. The predicted octanol–water partition coefficient (Wildman–Crippen LogP) is 0.718. The molecular formula is C21H23N3O5S. The van der Waals surface area contributed by atoms with Crippen molar-refractivity contribution in [3.63, 3.8) is 0 Å². The second-order valence-electron chi connectivity index (χ2n) is 7.66. The van der Waals surface area contributed by atoms with E-state index < -0.39 is 20.5 Å². The number of hydrogen-bond acceptors (Lipinski definition) is 6. The van der Waals surface area contributed by atoms with E-state index in [0.717, 1.165) is 23.6 Å². The molecule has 0 unspecified atom stereocenters. The van der Waals surface area contributed by atoms with Crippen molar-refractivity contribution >= 4 is 26.6 Å². The molecule has 1 amide bonds. The first-order valence-electron chi connectivity index (χ1n) is 9.41. The lowest BCUT2D eigenvalue weighted by atomic mass is 10.1. The van der Waals surface area contributed by atoms with Crippen LogP contribution >= 0.6 is 0 Å². The molecule has 0 radical (unpaired) electrons. The van der Waals surface area contributed by atoms with E-state index >= 15 is 0 Å². The van der Waals surface area contributed by atoms with Crippen molar-refractivity contribution in [1.82, 2.24) is 15.3 Å². The molecule has 8 nitrogen and oxygen atoms in total. The van der Waals surface area contributed by atoms with Gasteiger partial charge in [-0.05, 0) is 55.7 Å². The summed E-state index contributed by atoms with van der Waals surface area (Å²) in [6.07, 6.45) is 3.59. The van der Waals surface area contributed by atoms with Crippen LogP contribution in [0.25, 0.3) is 10.9 Å². The standard InChI is InChI=1S/C21H23N3O5S/c1-21(20(26)23-27,30(2,28)29)9-10-24-13-17-11-15(7-8-19(17)22-24)5-3-4-6-16-12-18(16)14-25/h7-8,11,13,16,18,25,27H,9-10,12,14H2,1-2H3,(H,23,26)/t16-,18+,21-/m1/s1. The molecular weight excluding hydrogens is 406 g/mol. The maximum atomic E-state index is 12.1. The predicted molar refractivity (Wildman–Crippen MR) is 111 cm³/mol. The third kappa shape index (κ3) is 4.65. The van der Waals surface area contributed by atoms with Gasteiger partial charge < -0.3 is 5.11 Å². The number of carbonyl (C=O) groups is 1. The van der Waals surface area contributed by atoms with Crippen molar-refractivity contribution in [1.29, 1.82) is 0 Å². The molecule has 0 saturated heterocycles. The third-order valence-electron chi connectivity index (χ3n) is 5.45. The number of hydroxylamine groups is 1. The molecule has 3 N–H and O–H groups in total. The normalized spacial score (nSPS) is 19.7. The second kappa shape index (κ2) is 8.49. The monoisotopic (exact) mass is 429 g/mol. The molecule has 1 aromatic heterocycles. The number of nitrogens with one attached hydrogen (secondary N) is 1.